The molecule has 0 saturated carbocycles. The van der Waals surface area contributed by atoms with Crippen LogP contribution < -0.4 is 0 Å². The van der Waals surface area contributed by atoms with E-state index >= 15 is 0 Å². The number of hydrogen-bond acceptors (Lipinski definition) is 3. The maximum atomic E-state index is 11.1. The number of carbonyl (C=O) groups is 3. The molecule has 0 heterocycles. The second-order valence-electron chi connectivity index (χ2n) is 10.0. The van der Waals surface area contributed by atoms with E-state index in [9.17, 15) is 14.4 Å². The summed E-state index contributed by atoms with van der Waals surface area (Å²) in [5.41, 5.74) is 40.5. The van der Waals surface area contributed by atoms with Gasteiger partial charge in [-0.2, -0.15) is 0 Å². The highest BCUT2D eigenvalue weighted by Gasteiger charge is 2.27. The van der Waals surface area contributed by atoms with Gasteiger partial charge < -0.3 is 15.3 Å². The Hall–Kier alpha value is -9.30. The summed E-state index contributed by atoms with van der Waals surface area (Å²) in [5, 5.41) is 27.3. The van der Waals surface area contributed by atoms with Crippen LogP contribution in [0.4, 0.5) is 0 Å². The van der Waals surface area contributed by atoms with Gasteiger partial charge in [0.15, 0.2) is 27.9 Å². The number of carboxylic acid groups (broad SMARTS) is 3. The van der Waals surface area contributed by atoms with Crippen molar-refractivity contribution in [3.8, 4) is 71.0 Å². The molecule has 7 aliphatic rings. The van der Waals surface area contributed by atoms with Gasteiger partial charge in [-0.05, 0) is 140 Å². The number of carboxylic acids is 3. The molecule has 0 spiro atoms. The summed E-state index contributed by atoms with van der Waals surface area (Å²) in [6.07, 6.45) is 4.96. The molecule has 0 unspecified atom stereocenters. The fraction of sp³-hybridized carbons (Fsp3) is 0. The Morgan fingerprint density at radius 2 is 0.706 bits per heavy atom. The molecule has 0 bridgehead atoms. The predicted molar refractivity (Wildman–Crippen MR) is 176 cm³/mol. The van der Waals surface area contributed by atoms with Gasteiger partial charge in [0.25, 0.3) is 0 Å². The van der Waals surface area contributed by atoms with Crippen molar-refractivity contribution in [2.45, 2.75) is 0 Å². The second-order valence-corrected chi connectivity index (χ2v) is 10.0. The van der Waals surface area contributed by atoms with Crippen LogP contribution in [-0.4, -0.2) is 33.2 Å². The molecule has 7 rings (SSSR count). The lowest BCUT2D eigenvalue weighted by atomic mass is 9.86. The lowest BCUT2D eigenvalue weighted by molar-refractivity contribution is -0.133. The van der Waals surface area contributed by atoms with Crippen LogP contribution in [0.15, 0.2) is 164 Å². The van der Waals surface area contributed by atoms with Crippen molar-refractivity contribution in [1.29, 1.82) is 0 Å². The van der Waals surface area contributed by atoms with E-state index in [1.165, 1.54) is 0 Å². The van der Waals surface area contributed by atoms with E-state index in [-0.39, 0.29) is 16.7 Å². The monoisotopic (exact) mass is 640 g/mol. The van der Waals surface area contributed by atoms with Crippen molar-refractivity contribution in [2.75, 3.05) is 0 Å². The van der Waals surface area contributed by atoms with Crippen LogP contribution in [0, 0.1) is 77.5 Å². The van der Waals surface area contributed by atoms with E-state index in [4.69, 9.17) is 15.3 Å². The molecule has 6 heteroatoms. The molecule has 7 aliphatic carbocycles. The molecule has 0 fully saturated rings. The van der Waals surface area contributed by atoms with E-state index in [1.54, 1.807) is 6.08 Å². The lowest BCUT2D eigenvalue weighted by Crippen LogP contribution is -2.02. The molecule has 3 N–H and O–H groups in total. The Morgan fingerprint density at radius 3 is 1.04 bits per heavy atom. The number of rotatable bonds is 9. The van der Waals surface area contributed by atoms with Gasteiger partial charge in [-0.3, -0.25) is 0 Å². The Morgan fingerprint density at radius 1 is 0.392 bits per heavy atom. The van der Waals surface area contributed by atoms with E-state index in [1.807, 2.05) is 0 Å². The number of allylic oxidation sites excluding steroid dienone is 12. The number of hydrogen-bond donors (Lipinski definition) is 3. The zero-order valence-electron chi connectivity index (χ0n) is 25.1. The Kier molecular flexibility index (Phi) is 7.43. The molecule has 0 aromatic rings. The standard InChI is InChI=1S/C45H4O6/c46-43(47)37-19-13-31(14-20-37)28-1-7-34(8-2-28)40-25-41(35-9-3-29(4-10-35)32-15-21-38(22-16-32)44(48)49)27-42(26-40)36-11-5-30(6-12-36)33-17-23-39(24-18-33)45(50)51/h25H,(H,46,47)(H,48,49)(H,50,51)/q+1. The fourth-order valence-electron chi connectivity index (χ4n) is 4.25. The molecule has 219 valence electrons. The van der Waals surface area contributed by atoms with Crippen molar-refractivity contribution in [1.82, 2.24) is 0 Å². The minimum absolute atomic E-state index is 0.209. The number of aliphatic carboxylic acids is 3. The van der Waals surface area contributed by atoms with Crippen LogP contribution >= 0.6 is 0 Å². The van der Waals surface area contributed by atoms with Gasteiger partial charge in [0.05, 0.1) is 22.3 Å². The van der Waals surface area contributed by atoms with Crippen molar-refractivity contribution >= 4 is 17.9 Å². The maximum absolute atomic E-state index is 11.1. The van der Waals surface area contributed by atoms with Crippen LogP contribution in [0.3, 0.4) is 0 Å². The molecule has 0 aliphatic heterocycles. The summed E-state index contributed by atoms with van der Waals surface area (Å²) in [5.74, 6) is 29.8. The van der Waals surface area contributed by atoms with Gasteiger partial charge in [-0.15, -0.1) is 0 Å². The summed E-state index contributed by atoms with van der Waals surface area (Å²) in [7, 11) is 0. The highest BCUT2D eigenvalue weighted by Crippen LogP contribution is 2.31. The minimum atomic E-state index is -1.21. The third kappa shape index (κ3) is 6.26. The van der Waals surface area contributed by atoms with Gasteiger partial charge >= 0.3 is 17.9 Å². The summed E-state index contributed by atoms with van der Waals surface area (Å²) in [6, 6.07) is 0. The summed E-state index contributed by atoms with van der Waals surface area (Å²) < 4.78 is 0. The first-order chi connectivity index (χ1) is 24.7. The normalized spacial score (nSPS) is 16.4. The van der Waals surface area contributed by atoms with Gasteiger partial charge in [0.1, 0.15) is 39.9 Å². The Bertz CT molecular complexity index is 3240. The van der Waals surface area contributed by atoms with Crippen molar-refractivity contribution < 1.29 is 29.7 Å². The molecule has 0 saturated heterocycles. The molecular weight excluding hydrogens is 636 g/mol. The maximum Gasteiger partial charge on any atom is 0.352 e. The molecule has 0 aromatic heterocycles. The highest BCUT2D eigenvalue weighted by atomic mass is 16.4. The van der Waals surface area contributed by atoms with Gasteiger partial charge in [-0.1, -0.05) is 0 Å². The molecule has 6 nitrogen and oxygen atoms in total. The van der Waals surface area contributed by atoms with Crippen LogP contribution in [0.5, 0.6) is 0 Å². The topological polar surface area (TPSA) is 112 Å². The predicted octanol–water partition coefficient (Wildman–Crippen LogP) is 3.46. The average Bonchev–Trinajstić information content (AvgIpc) is 3.18. The quantitative estimate of drug-likeness (QED) is 0.202. The lowest BCUT2D eigenvalue weighted by Gasteiger charge is -2.06. The van der Waals surface area contributed by atoms with Crippen LogP contribution in [0.1, 0.15) is 0 Å². The minimum Gasteiger partial charge on any atom is -0.477 e. The largest absolute Gasteiger partial charge is 0.477 e. The van der Waals surface area contributed by atoms with Gasteiger partial charge in [0, 0.05) is 11.8 Å². The molecule has 1 radical (unpaired) electrons. The summed E-state index contributed by atoms with van der Waals surface area (Å²) in [6.45, 7) is 0. The van der Waals surface area contributed by atoms with E-state index in [0.29, 0.717) is 66.9 Å². The molecule has 51 heavy (non-hydrogen) atoms. The Labute approximate surface area is 288 Å². The van der Waals surface area contributed by atoms with Crippen LogP contribution in [-0.2, 0) is 14.4 Å². The van der Waals surface area contributed by atoms with Gasteiger partial charge in [0.2, 0.25) is 0 Å². The van der Waals surface area contributed by atoms with Gasteiger partial charge in [-0.25, -0.2) is 14.4 Å². The second kappa shape index (κ2) is 12.5. The zero-order valence-corrected chi connectivity index (χ0v) is 25.1. The van der Waals surface area contributed by atoms with E-state index in [2.05, 4.69) is 152 Å². The molecule has 0 aromatic carbocycles. The SMILES string of the molecule is O=C(O)C1=C=C=C(C2=C=C=C(C3=C=C(C4=C=C=C(C5=C=C=C(C(=O)O)C#C5)C#C4)C=C(C4=C=C=C(C5=C=C=C(C(=O)O)C#C5)C#C4)[C+]3)C#C2)C#C1. The van der Waals surface area contributed by atoms with E-state index < -0.39 is 17.9 Å². The highest BCUT2D eigenvalue weighted by molar-refractivity contribution is 5.93. The molecule has 0 atom stereocenters. The third-order valence-corrected chi connectivity index (χ3v) is 6.74. The average molecular weight is 641 g/mol. The fourth-order valence-corrected chi connectivity index (χ4v) is 4.25. The van der Waals surface area contributed by atoms with Crippen LogP contribution in [0.25, 0.3) is 0 Å². The smallest absolute Gasteiger partial charge is 0.352 e. The van der Waals surface area contributed by atoms with Crippen molar-refractivity contribution in [3.05, 3.63) is 171 Å². The van der Waals surface area contributed by atoms with Crippen molar-refractivity contribution in [2.24, 2.45) is 0 Å². The molecule has 0 amide bonds. The van der Waals surface area contributed by atoms with Crippen LogP contribution in [0.2, 0.25) is 0 Å². The van der Waals surface area contributed by atoms with Crippen molar-refractivity contribution in [3.63, 3.8) is 0 Å². The zero-order chi connectivity index (χ0) is 35.5. The molecular formula is C45H4O6+. The first kappa shape index (κ1) is 30.4. The van der Waals surface area contributed by atoms with E-state index in [0.717, 1.165) is 0 Å². The first-order valence-corrected chi connectivity index (χ1v) is 14.1. The summed E-state index contributed by atoms with van der Waals surface area (Å²) >= 11 is 0. The Balaban J connectivity index is 1.34. The third-order valence-electron chi connectivity index (χ3n) is 6.74. The summed E-state index contributed by atoms with van der Waals surface area (Å²) in [4.78, 5) is 33.4. The first-order valence-electron chi connectivity index (χ1n) is 14.1.